The minimum atomic E-state index is -0.793. The van der Waals surface area contributed by atoms with Gasteiger partial charge < -0.3 is 19.2 Å². The molecule has 2 unspecified atom stereocenters. The Morgan fingerprint density at radius 2 is 1.89 bits per heavy atom. The number of hydrogen-bond acceptors (Lipinski definition) is 8. The monoisotopic (exact) mass is 493 g/mol. The van der Waals surface area contributed by atoms with E-state index in [1.165, 1.54) is 13.2 Å². The van der Waals surface area contributed by atoms with Crippen molar-refractivity contribution in [1.82, 2.24) is 5.32 Å². The fourth-order valence-corrected chi connectivity index (χ4v) is 5.09. The number of benzene rings is 1. The zero-order chi connectivity index (χ0) is 26.1. The summed E-state index contributed by atoms with van der Waals surface area (Å²) >= 11 is 0. The summed E-state index contributed by atoms with van der Waals surface area (Å²) in [6.45, 7) is 7.79. The van der Waals surface area contributed by atoms with Crippen molar-refractivity contribution in [2.45, 2.75) is 65.2 Å². The van der Waals surface area contributed by atoms with Crippen molar-refractivity contribution < 1.29 is 28.3 Å². The fourth-order valence-electron chi connectivity index (χ4n) is 5.09. The third-order valence-electron chi connectivity index (χ3n) is 7.04. The first kappa shape index (κ1) is 25.4. The third-order valence-corrected chi connectivity index (χ3v) is 7.04. The Labute approximate surface area is 209 Å². The van der Waals surface area contributed by atoms with Crippen LogP contribution in [0.1, 0.15) is 86.7 Å². The number of ketones is 1. The smallest absolute Gasteiger partial charge is 0.351 e. The van der Waals surface area contributed by atoms with E-state index in [9.17, 15) is 19.2 Å². The first-order valence-electron chi connectivity index (χ1n) is 12.3. The lowest BCUT2D eigenvalue weighted by atomic mass is 9.74. The minimum Gasteiger partial charge on any atom is -0.465 e. The predicted octanol–water partition coefficient (Wildman–Crippen LogP) is 4.62. The van der Waals surface area contributed by atoms with Crippen LogP contribution >= 0.6 is 0 Å². The second kappa shape index (κ2) is 10.1. The van der Waals surface area contributed by atoms with Crippen LogP contribution < -0.4 is 10.9 Å². The molecule has 8 nitrogen and oxygen atoms in total. The van der Waals surface area contributed by atoms with Crippen molar-refractivity contribution in [2.75, 3.05) is 13.7 Å². The molecule has 0 fully saturated rings. The van der Waals surface area contributed by atoms with Gasteiger partial charge in [0.05, 0.1) is 19.3 Å². The Morgan fingerprint density at radius 1 is 1.14 bits per heavy atom. The molecule has 2 aromatic rings. The van der Waals surface area contributed by atoms with Crippen LogP contribution in [0.2, 0.25) is 0 Å². The van der Waals surface area contributed by atoms with E-state index in [0.29, 0.717) is 46.2 Å². The van der Waals surface area contributed by atoms with Gasteiger partial charge >= 0.3 is 17.6 Å². The van der Waals surface area contributed by atoms with E-state index in [1.807, 2.05) is 26.8 Å². The van der Waals surface area contributed by atoms with Gasteiger partial charge in [-0.1, -0.05) is 19.9 Å². The quantitative estimate of drug-likeness (QED) is 0.458. The SMILES string of the molecule is CCOC(=O)C1=C(C)NC2=C(C(=O)CCC2)C1c1cc(C(C)CC)c2oc(=O)c(C(=O)OC)cc2c1. The second-order valence-corrected chi connectivity index (χ2v) is 9.26. The van der Waals surface area contributed by atoms with Gasteiger partial charge in [0.1, 0.15) is 11.1 Å². The number of rotatable bonds is 6. The van der Waals surface area contributed by atoms with Crippen LogP contribution in [0.3, 0.4) is 0 Å². The summed E-state index contributed by atoms with van der Waals surface area (Å²) in [7, 11) is 1.20. The van der Waals surface area contributed by atoms with Crippen LogP contribution in [0.5, 0.6) is 0 Å². The van der Waals surface area contributed by atoms with Gasteiger partial charge in [-0.15, -0.1) is 0 Å². The van der Waals surface area contributed by atoms with Crippen LogP contribution in [0, 0.1) is 0 Å². The minimum absolute atomic E-state index is 0.00733. The molecular formula is C28H31NO7. The molecule has 2 heterocycles. The summed E-state index contributed by atoms with van der Waals surface area (Å²) < 4.78 is 15.8. The van der Waals surface area contributed by atoms with E-state index in [2.05, 4.69) is 5.32 Å². The number of carbonyl (C=O) groups excluding carboxylic acids is 3. The summed E-state index contributed by atoms with van der Waals surface area (Å²) in [4.78, 5) is 51.2. The van der Waals surface area contributed by atoms with Gasteiger partial charge in [-0.3, -0.25) is 4.79 Å². The van der Waals surface area contributed by atoms with E-state index in [0.717, 1.165) is 24.1 Å². The summed E-state index contributed by atoms with van der Waals surface area (Å²) in [5.74, 6) is -1.93. The normalized spacial score (nSPS) is 18.6. The molecule has 0 bridgehead atoms. The van der Waals surface area contributed by atoms with Crippen LogP contribution in [0.4, 0.5) is 0 Å². The standard InChI is InChI=1S/C28H31NO7/c1-6-14(3)18-12-16(11-17-13-19(26(31)34-5)27(32)36-25(17)18)23-22(28(33)35-7-2)15(4)29-20-9-8-10-21(30)24(20)23/h11-14,23,29H,6-10H2,1-5H3. The van der Waals surface area contributed by atoms with Gasteiger partial charge in [0.25, 0.3) is 0 Å². The Balaban J connectivity index is 2.04. The number of methoxy groups -OCH3 is 1. The molecule has 0 saturated heterocycles. The summed E-state index contributed by atoms with van der Waals surface area (Å²) in [5, 5.41) is 3.80. The third kappa shape index (κ3) is 4.36. The summed E-state index contributed by atoms with van der Waals surface area (Å²) in [6, 6.07) is 5.15. The lowest BCUT2D eigenvalue weighted by molar-refractivity contribution is -0.138. The maximum Gasteiger partial charge on any atom is 0.351 e. The molecule has 4 rings (SSSR count). The lowest BCUT2D eigenvalue weighted by Crippen LogP contribution is -2.34. The number of allylic oxidation sites excluding steroid dienone is 3. The van der Waals surface area contributed by atoms with Crippen molar-refractivity contribution in [3.63, 3.8) is 0 Å². The van der Waals surface area contributed by atoms with Crippen molar-refractivity contribution in [1.29, 1.82) is 0 Å². The molecule has 1 aliphatic carbocycles. The van der Waals surface area contributed by atoms with Crippen LogP contribution in [0.25, 0.3) is 11.0 Å². The molecule has 0 radical (unpaired) electrons. The van der Waals surface area contributed by atoms with Gasteiger partial charge in [-0.2, -0.15) is 0 Å². The number of Topliss-reactive ketones (excluding diaryl/α,β-unsaturated/α-hetero) is 1. The number of esters is 2. The number of hydrogen-bond donors (Lipinski definition) is 1. The van der Waals surface area contributed by atoms with Crippen LogP contribution in [-0.2, 0) is 19.1 Å². The maximum absolute atomic E-state index is 13.2. The molecule has 2 aliphatic rings. The van der Waals surface area contributed by atoms with Gasteiger partial charge in [0.2, 0.25) is 0 Å². The Bertz CT molecular complexity index is 1380. The van der Waals surface area contributed by atoms with Crippen LogP contribution in [-0.4, -0.2) is 31.4 Å². The first-order valence-corrected chi connectivity index (χ1v) is 12.3. The zero-order valence-electron chi connectivity index (χ0n) is 21.3. The van der Waals surface area contributed by atoms with Crippen molar-refractivity contribution in [3.05, 3.63) is 67.8 Å². The van der Waals surface area contributed by atoms with Gasteiger partial charge in [-0.25, -0.2) is 14.4 Å². The van der Waals surface area contributed by atoms with E-state index in [4.69, 9.17) is 13.9 Å². The number of nitrogens with one attached hydrogen (secondary N) is 1. The number of fused-ring (bicyclic) bond motifs is 1. The van der Waals surface area contributed by atoms with Gasteiger partial charge in [0.15, 0.2) is 5.78 Å². The van der Waals surface area contributed by atoms with Crippen molar-refractivity contribution in [2.24, 2.45) is 0 Å². The highest BCUT2D eigenvalue weighted by atomic mass is 16.5. The van der Waals surface area contributed by atoms with E-state index < -0.39 is 23.5 Å². The van der Waals surface area contributed by atoms with Crippen LogP contribution in [0.15, 0.2) is 50.0 Å². The predicted molar refractivity (Wildman–Crippen MR) is 134 cm³/mol. The molecule has 1 aromatic carbocycles. The molecule has 8 heteroatoms. The van der Waals surface area contributed by atoms with E-state index in [-0.39, 0.29) is 23.9 Å². The largest absolute Gasteiger partial charge is 0.465 e. The Kier molecular flexibility index (Phi) is 7.15. The zero-order valence-corrected chi connectivity index (χ0v) is 21.3. The van der Waals surface area contributed by atoms with Gasteiger partial charge in [-0.05, 0) is 62.3 Å². The molecule has 0 saturated carbocycles. The average molecular weight is 494 g/mol. The summed E-state index contributed by atoms with van der Waals surface area (Å²) in [5.41, 5.74) is 3.27. The average Bonchev–Trinajstić information content (AvgIpc) is 2.86. The summed E-state index contributed by atoms with van der Waals surface area (Å²) in [6.07, 6.45) is 2.61. The molecule has 1 aliphatic heterocycles. The highest BCUT2D eigenvalue weighted by Gasteiger charge is 2.39. The molecule has 1 N–H and O–H groups in total. The second-order valence-electron chi connectivity index (χ2n) is 9.26. The van der Waals surface area contributed by atoms with E-state index in [1.54, 1.807) is 13.0 Å². The lowest BCUT2D eigenvalue weighted by Gasteiger charge is -2.34. The fraction of sp³-hybridized carbons (Fsp3) is 0.429. The number of ether oxygens (including phenoxy) is 2. The van der Waals surface area contributed by atoms with Crippen molar-refractivity contribution >= 4 is 28.7 Å². The van der Waals surface area contributed by atoms with E-state index >= 15 is 0 Å². The maximum atomic E-state index is 13.2. The molecule has 0 amide bonds. The topological polar surface area (TPSA) is 112 Å². The molecule has 2 atom stereocenters. The Hall–Kier alpha value is -3.68. The molecule has 0 spiro atoms. The molecule has 1 aromatic heterocycles. The number of dihydropyridines is 1. The Morgan fingerprint density at radius 3 is 2.56 bits per heavy atom. The molecule has 190 valence electrons. The van der Waals surface area contributed by atoms with Gasteiger partial charge in [0, 0.05) is 34.7 Å². The first-order chi connectivity index (χ1) is 17.2. The molecule has 36 heavy (non-hydrogen) atoms. The van der Waals surface area contributed by atoms with Crippen molar-refractivity contribution in [3.8, 4) is 0 Å². The molecular weight excluding hydrogens is 462 g/mol. The number of carbonyl (C=O) groups is 3. The highest BCUT2D eigenvalue weighted by Crippen LogP contribution is 2.44. The highest BCUT2D eigenvalue weighted by molar-refractivity contribution is 6.04.